The number of fused-ring (bicyclic) bond motifs is 1. The SMILES string of the molecule is O=C(Cn1c(=O)oc2ccccc21)N1CCC[C@](CO)(CCOc2ccccc2)C1. The Morgan fingerprint density at radius 1 is 1.13 bits per heavy atom. The van der Waals surface area contributed by atoms with Gasteiger partial charge in [-0.15, -0.1) is 0 Å². The van der Waals surface area contributed by atoms with Gasteiger partial charge >= 0.3 is 5.76 Å². The predicted molar refractivity (Wildman–Crippen MR) is 112 cm³/mol. The van der Waals surface area contributed by atoms with Gasteiger partial charge in [0.25, 0.3) is 0 Å². The highest BCUT2D eigenvalue weighted by atomic mass is 16.5. The fourth-order valence-corrected chi connectivity index (χ4v) is 4.13. The first kappa shape index (κ1) is 20.2. The predicted octanol–water partition coefficient (Wildman–Crippen LogP) is 2.66. The van der Waals surface area contributed by atoms with Gasteiger partial charge in [0.2, 0.25) is 5.91 Å². The van der Waals surface area contributed by atoms with Gasteiger partial charge in [0.05, 0.1) is 18.7 Å². The number of oxazole rings is 1. The Morgan fingerprint density at radius 2 is 1.90 bits per heavy atom. The maximum Gasteiger partial charge on any atom is 0.420 e. The summed E-state index contributed by atoms with van der Waals surface area (Å²) in [5, 5.41) is 10.1. The van der Waals surface area contributed by atoms with Crippen LogP contribution >= 0.6 is 0 Å². The molecular weight excluding hydrogens is 384 g/mol. The van der Waals surface area contributed by atoms with Crippen LogP contribution in [0, 0.1) is 5.41 Å². The molecule has 0 aliphatic carbocycles. The van der Waals surface area contributed by atoms with Crippen molar-refractivity contribution in [1.82, 2.24) is 9.47 Å². The molecule has 4 rings (SSSR count). The molecule has 7 nitrogen and oxygen atoms in total. The summed E-state index contributed by atoms with van der Waals surface area (Å²) in [6, 6.07) is 16.6. The molecule has 0 unspecified atom stereocenters. The number of carbonyl (C=O) groups is 1. The number of rotatable bonds is 7. The summed E-state index contributed by atoms with van der Waals surface area (Å²) in [4.78, 5) is 26.9. The minimum Gasteiger partial charge on any atom is -0.494 e. The monoisotopic (exact) mass is 410 g/mol. The van der Waals surface area contributed by atoms with Gasteiger partial charge in [-0.3, -0.25) is 9.36 Å². The molecule has 1 aromatic heterocycles. The summed E-state index contributed by atoms with van der Waals surface area (Å²) >= 11 is 0. The third-order valence-electron chi connectivity index (χ3n) is 5.86. The van der Waals surface area contributed by atoms with E-state index in [2.05, 4.69) is 0 Å². The smallest absolute Gasteiger partial charge is 0.420 e. The van der Waals surface area contributed by atoms with E-state index in [1.807, 2.05) is 36.4 Å². The third-order valence-corrected chi connectivity index (χ3v) is 5.86. The standard InChI is InChI=1S/C23H26N2O5/c26-17-23(12-14-29-18-7-2-1-3-8-18)11-6-13-24(16-23)21(27)15-25-19-9-4-5-10-20(19)30-22(25)28/h1-5,7-10,26H,6,11-17H2/t23-/m0/s1. The highest BCUT2D eigenvalue weighted by molar-refractivity contribution is 5.79. The van der Waals surface area contributed by atoms with Gasteiger partial charge in [-0.05, 0) is 43.5 Å². The van der Waals surface area contributed by atoms with Crippen molar-refractivity contribution in [2.45, 2.75) is 25.8 Å². The zero-order valence-corrected chi connectivity index (χ0v) is 16.8. The first-order chi connectivity index (χ1) is 14.6. The average Bonchev–Trinajstić information content (AvgIpc) is 3.09. The number of carbonyl (C=O) groups excluding carboxylic acids is 1. The second-order valence-corrected chi connectivity index (χ2v) is 7.91. The number of hydrogen-bond donors (Lipinski definition) is 1. The van der Waals surface area contributed by atoms with Crippen molar-refractivity contribution < 1.29 is 19.1 Å². The fraction of sp³-hybridized carbons (Fsp3) is 0.391. The topological polar surface area (TPSA) is 84.9 Å². The first-order valence-corrected chi connectivity index (χ1v) is 10.3. The molecule has 3 aromatic rings. The number of amides is 1. The second-order valence-electron chi connectivity index (χ2n) is 7.91. The lowest BCUT2D eigenvalue weighted by atomic mass is 9.78. The van der Waals surface area contributed by atoms with Crippen LogP contribution in [0.25, 0.3) is 11.1 Å². The summed E-state index contributed by atoms with van der Waals surface area (Å²) < 4.78 is 12.4. The van der Waals surface area contributed by atoms with Crippen LogP contribution in [0.15, 0.2) is 63.8 Å². The van der Waals surface area contributed by atoms with Crippen molar-refractivity contribution >= 4 is 17.0 Å². The summed E-state index contributed by atoms with van der Waals surface area (Å²) in [5.41, 5.74) is 0.681. The second kappa shape index (κ2) is 8.75. The molecule has 1 amide bonds. The van der Waals surface area contributed by atoms with Crippen LogP contribution in [0.3, 0.4) is 0 Å². The molecule has 1 N–H and O–H groups in total. The van der Waals surface area contributed by atoms with Crippen molar-refractivity contribution in [3.8, 4) is 5.75 Å². The molecule has 1 aliphatic rings. The molecule has 0 spiro atoms. The molecule has 2 heterocycles. The van der Waals surface area contributed by atoms with Crippen LogP contribution in [0.2, 0.25) is 0 Å². The van der Waals surface area contributed by atoms with Crippen LogP contribution in [0.4, 0.5) is 0 Å². The minimum absolute atomic E-state index is 0.0104. The number of benzene rings is 2. The first-order valence-electron chi connectivity index (χ1n) is 10.3. The van der Waals surface area contributed by atoms with Crippen molar-refractivity contribution in [2.24, 2.45) is 5.41 Å². The molecule has 1 fully saturated rings. The van der Waals surface area contributed by atoms with Crippen LogP contribution in [-0.2, 0) is 11.3 Å². The highest BCUT2D eigenvalue weighted by Crippen LogP contribution is 2.33. The summed E-state index contributed by atoms with van der Waals surface area (Å²) in [6.07, 6.45) is 2.29. The normalized spacial score (nSPS) is 19.2. The number of hydrogen-bond acceptors (Lipinski definition) is 5. The number of aliphatic hydroxyl groups excluding tert-OH is 1. The van der Waals surface area contributed by atoms with Crippen molar-refractivity contribution in [2.75, 3.05) is 26.3 Å². The van der Waals surface area contributed by atoms with Crippen LogP contribution in [0.5, 0.6) is 5.75 Å². The minimum atomic E-state index is -0.536. The van der Waals surface area contributed by atoms with Crippen LogP contribution in [0.1, 0.15) is 19.3 Å². The molecule has 30 heavy (non-hydrogen) atoms. The van der Waals surface area contributed by atoms with Gasteiger partial charge in [0.1, 0.15) is 12.3 Å². The van der Waals surface area contributed by atoms with Gasteiger partial charge < -0.3 is 19.2 Å². The molecule has 0 saturated carbocycles. The molecule has 2 aromatic carbocycles. The van der Waals surface area contributed by atoms with E-state index in [9.17, 15) is 14.7 Å². The molecule has 1 aliphatic heterocycles. The molecular formula is C23H26N2O5. The Kier molecular flexibility index (Phi) is 5.90. The lowest BCUT2D eigenvalue weighted by Gasteiger charge is -2.41. The Bertz CT molecular complexity index is 1060. The number of nitrogens with zero attached hydrogens (tertiary/aromatic N) is 2. The Hall–Kier alpha value is -3.06. The summed E-state index contributed by atoms with van der Waals surface area (Å²) in [6.45, 7) is 1.45. The van der Waals surface area contributed by atoms with Gasteiger partial charge in [-0.25, -0.2) is 4.79 Å². The lowest BCUT2D eigenvalue weighted by Crippen LogP contribution is -2.49. The third kappa shape index (κ3) is 4.26. The fourth-order valence-electron chi connectivity index (χ4n) is 4.13. The highest BCUT2D eigenvalue weighted by Gasteiger charge is 2.37. The van der Waals surface area contributed by atoms with E-state index >= 15 is 0 Å². The summed E-state index contributed by atoms with van der Waals surface area (Å²) in [7, 11) is 0. The van der Waals surface area contributed by atoms with Crippen LogP contribution in [-0.4, -0.2) is 46.8 Å². The van der Waals surface area contributed by atoms with Gasteiger partial charge in [0, 0.05) is 18.5 Å². The molecule has 0 bridgehead atoms. The van der Waals surface area contributed by atoms with E-state index in [0.29, 0.717) is 37.2 Å². The largest absolute Gasteiger partial charge is 0.494 e. The number of piperidine rings is 1. The number of para-hydroxylation sites is 3. The number of likely N-dealkylation sites (tertiary alicyclic amines) is 1. The number of aromatic nitrogens is 1. The molecule has 1 saturated heterocycles. The van der Waals surface area contributed by atoms with E-state index < -0.39 is 11.2 Å². The molecule has 1 atom stereocenters. The Labute approximate surface area is 174 Å². The van der Waals surface area contributed by atoms with Crippen molar-refractivity contribution in [3.05, 3.63) is 65.1 Å². The number of aliphatic hydroxyl groups is 1. The zero-order chi connectivity index (χ0) is 21.0. The van der Waals surface area contributed by atoms with E-state index in [1.165, 1.54) is 4.57 Å². The quantitative estimate of drug-likeness (QED) is 0.647. The Balaban J connectivity index is 1.42. The maximum absolute atomic E-state index is 13.0. The number of ether oxygens (including phenoxy) is 1. The van der Waals surface area contributed by atoms with E-state index in [1.54, 1.807) is 23.1 Å². The molecule has 0 radical (unpaired) electrons. The maximum atomic E-state index is 13.0. The molecule has 158 valence electrons. The average molecular weight is 410 g/mol. The Morgan fingerprint density at radius 3 is 2.70 bits per heavy atom. The van der Waals surface area contributed by atoms with E-state index in [4.69, 9.17) is 9.15 Å². The zero-order valence-electron chi connectivity index (χ0n) is 16.8. The van der Waals surface area contributed by atoms with Crippen molar-refractivity contribution in [3.63, 3.8) is 0 Å². The van der Waals surface area contributed by atoms with Gasteiger partial charge in [-0.1, -0.05) is 30.3 Å². The van der Waals surface area contributed by atoms with Crippen LogP contribution < -0.4 is 10.5 Å². The summed E-state index contributed by atoms with van der Waals surface area (Å²) in [5.74, 6) is 0.108. The lowest BCUT2D eigenvalue weighted by molar-refractivity contribution is -0.136. The van der Waals surface area contributed by atoms with E-state index in [0.717, 1.165) is 18.6 Å². The molecule has 7 heteroatoms. The van der Waals surface area contributed by atoms with Crippen molar-refractivity contribution in [1.29, 1.82) is 0 Å². The van der Waals surface area contributed by atoms with Gasteiger partial charge in [-0.2, -0.15) is 0 Å². The van der Waals surface area contributed by atoms with E-state index in [-0.39, 0.29) is 19.1 Å². The van der Waals surface area contributed by atoms with Gasteiger partial charge in [0.15, 0.2) is 5.58 Å².